The molecule has 0 spiro atoms. The number of aliphatic imine (C=N–C) groups is 1. The molecule has 17 heavy (non-hydrogen) atoms. The van der Waals surface area contributed by atoms with Gasteiger partial charge in [-0.3, -0.25) is 4.99 Å². The highest BCUT2D eigenvalue weighted by atomic mass is 19.4. The fourth-order valence-corrected chi connectivity index (χ4v) is 2.14. The maximum atomic E-state index is 12.6. The van der Waals surface area contributed by atoms with Crippen molar-refractivity contribution >= 4 is 6.21 Å². The lowest BCUT2D eigenvalue weighted by atomic mass is 9.78. The summed E-state index contributed by atoms with van der Waals surface area (Å²) in [6.07, 6.45) is -0.624. The van der Waals surface area contributed by atoms with E-state index in [4.69, 9.17) is 0 Å². The number of fused-ring (bicyclic) bond motifs is 1. The molecule has 0 aromatic carbocycles. The summed E-state index contributed by atoms with van der Waals surface area (Å²) >= 11 is 0. The molecule has 0 saturated heterocycles. The molecule has 2 aliphatic rings. The van der Waals surface area contributed by atoms with Crippen molar-refractivity contribution in [3.05, 3.63) is 23.4 Å². The Bertz CT molecular complexity index is 410. The minimum atomic E-state index is -4.32. The van der Waals surface area contributed by atoms with Crippen LogP contribution in [0, 0.1) is 11.3 Å². The first-order valence-electron chi connectivity index (χ1n) is 5.48. The van der Waals surface area contributed by atoms with Crippen molar-refractivity contribution in [2.45, 2.75) is 33.1 Å². The van der Waals surface area contributed by atoms with Crippen LogP contribution >= 0.6 is 0 Å². The number of nitrogens with zero attached hydrogens (tertiary/aromatic N) is 1. The highest BCUT2D eigenvalue weighted by Gasteiger charge is 2.41. The van der Waals surface area contributed by atoms with Gasteiger partial charge >= 0.3 is 6.18 Å². The molecule has 94 valence electrons. The number of dihydropyridines is 1. The van der Waals surface area contributed by atoms with E-state index in [0.29, 0.717) is 0 Å². The van der Waals surface area contributed by atoms with Gasteiger partial charge in [-0.25, -0.2) is 0 Å². The third kappa shape index (κ3) is 2.23. The van der Waals surface area contributed by atoms with E-state index >= 15 is 0 Å². The second-order valence-electron chi connectivity index (χ2n) is 5.38. The SMILES string of the molecule is CC(C)(C)C1=CNC2N=CC(C(F)(F)F)=CC12. The second kappa shape index (κ2) is 3.62. The number of alkyl halides is 3. The van der Waals surface area contributed by atoms with Crippen LogP contribution in [0.5, 0.6) is 0 Å². The minimum absolute atomic E-state index is 0.160. The van der Waals surface area contributed by atoms with E-state index < -0.39 is 11.7 Å². The first kappa shape index (κ1) is 12.2. The molecule has 0 aromatic rings. The van der Waals surface area contributed by atoms with Gasteiger partial charge < -0.3 is 5.32 Å². The number of nitrogens with one attached hydrogen (secondary N) is 1. The van der Waals surface area contributed by atoms with Crippen LogP contribution in [0.3, 0.4) is 0 Å². The summed E-state index contributed by atoms with van der Waals surface area (Å²) in [4.78, 5) is 3.93. The predicted molar refractivity (Wildman–Crippen MR) is 60.6 cm³/mol. The highest BCUT2D eigenvalue weighted by Crippen LogP contribution is 2.40. The van der Waals surface area contributed by atoms with Gasteiger partial charge in [0.05, 0.1) is 5.57 Å². The van der Waals surface area contributed by atoms with Crippen LogP contribution in [0.2, 0.25) is 0 Å². The maximum Gasteiger partial charge on any atom is 0.417 e. The van der Waals surface area contributed by atoms with E-state index in [9.17, 15) is 13.2 Å². The molecule has 2 heterocycles. The molecule has 0 amide bonds. The minimum Gasteiger partial charge on any atom is -0.369 e. The number of hydrogen-bond donors (Lipinski definition) is 1. The Morgan fingerprint density at radius 3 is 2.41 bits per heavy atom. The Morgan fingerprint density at radius 2 is 1.88 bits per heavy atom. The first-order chi connectivity index (χ1) is 7.69. The smallest absolute Gasteiger partial charge is 0.369 e. The molecule has 0 aliphatic carbocycles. The molecule has 2 aliphatic heterocycles. The van der Waals surface area contributed by atoms with Crippen LogP contribution in [-0.2, 0) is 0 Å². The number of hydrogen-bond acceptors (Lipinski definition) is 2. The third-order valence-corrected chi connectivity index (χ3v) is 3.04. The van der Waals surface area contributed by atoms with Crippen LogP contribution in [0.4, 0.5) is 13.2 Å². The molecule has 0 saturated carbocycles. The van der Waals surface area contributed by atoms with Gasteiger partial charge in [-0.2, -0.15) is 13.2 Å². The summed E-state index contributed by atoms with van der Waals surface area (Å²) < 4.78 is 37.9. The van der Waals surface area contributed by atoms with Gasteiger partial charge in [0.25, 0.3) is 0 Å². The molecule has 2 unspecified atom stereocenters. The van der Waals surface area contributed by atoms with Gasteiger partial charge in [-0.05, 0) is 17.2 Å². The molecule has 5 heteroatoms. The summed E-state index contributed by atoms with van der Waals surface area (Å²) in [6, 6.07) is 0. The van der Waals surface area contributed by atoms with E-state index in [2.05, 4.69) is 10.3 Å². The average Bonchev–Trinajstić information content (AvgIpc) is 2.57. The fraction of sp³-hybridized carbons (Fsp3) is 0.583. The lowest BCUT2D eigenvalue weighted by molar-refractivity contribution is -0.0863. The Kier molecular flexibility index (Phi) is 2.60. The largest absolute Gasteiger partial charge is 0.417 e. The molecule has 0 radical (unpaired) electrons. The van der Waals surface area contributed by atoms with E-state index in [1.165, 1.54) is 6.08 Å². The second-order valence-corrected chi connectivity index (χ2v) is 5.38. The van der Waals surface area contributed by atoms with Crippen LogP contribution in [0.15, 0.2) is 28.4 Å². The average molecular weight is 244 g/mol. The number of rotatable bonds is 0. The third-order valence-electron chi connectivity index (χ3n) is 3.04. The van der Waals surface area contributed by atoms with E-state index in [1.54, 1.807) is 6.20 Å². The maximum absolute atomic E-state index is 12.6. The van der Waals surface area contributed by atoms with E-state index in [-0.39, 0.29) is 17.5 Å². The Morgan fingerprint density at radius 1 is 1.24 bits per heavy atom. The van der Waals surface area contributed by atoms with Crippen LogP contribution in [0.25, 0.3) is 0 Å². The van der Waals surface area contributed by atoms with Gasteiger partial charge in [0.2, 0.25) is 0 Å². The van der Waals surface area contributed by atoms with Crippen molar-refractivity contribution in [1.29, 1.82) is 0 Å². The molecule has 2 nitrogen and oxygen atoms in total. The zero-order valence-corrected chi connectivity index (χ0v) is 9.97. The predicted octanol–water partition coefficient (Wildman–Crippen LogP) is 3.04. The molecule has 0 aromatic heterocycles. The van der Waals surface area contributed by atoms with Gasteiger partial charge in [-0.15, -0.1) is 0 Å². The zero-order chi connectivity index (χ0) is 12.8. The van der Waals surface area contributed by atoms with E-state index in [1.807, 2.05) is 20.8 Å². The lowest BCUT2D eigenvalue weighted by Crippen LogP contribution is -2.31. The molecule has 2 rings (SSSR count). The standard InChI is InChI=1S/C12H15F3N2/c1-11(2,3)9-6-17-10-8(9)4-7(5-16-10)12(13,14)15/h4-6,8,10,17H,1-3H3. The van der Waals surface area contributed by atoms with Gasteiger partial charge in [0.1, 0.15) is 6.17 Å². The van der Waals surface area contributed by atoms with Gasteiger partial charge in [0.15, 0.2) is 0 Å². The monoisotopic (exact) mass is 244 g/mol. The van der Waals surface area contributed by atoms with Crippen molar-refractivity contribution in [2.24, 2.45) is 16.3 Å². The van der Waals surface area contributed by atoms with Crippen molar-refractivity contribution in [2.75, 3.05) is 0 Å². The van der Waals surface area contributed by atoms with Crippen LogP contribution in [-0.4, -0.2) is 18.6 Å². The number of halogens is 3. The van der Waals surface area contributed by atoms with Crippen molar-refractivity contribution in [3.8, 4) is 0 Å². The van der Waals surface area contributed by atoms with Crippen LogP contribution < -0.4 is 5.32 Å². The molecule has 2 atom stereocenters. The van der Waals surface area contributed by atoms with Gasteiger partial charge in [-0.1, -0.05) is 26.8 Å². The van der Waals surface area contributed by atoms with Crippen molar-refractivity contribution in [3.63, 3.8) is 0 Å². The highest BCUT2D eigenvalue weighted by molar-refractivity contribution is 5.81. The molecule has 0 fully saturated rings. The topological polar surface area (TPSA) is 24.4 Å². The molecular formula is C12H15F3N2. The number of allylic oxidation sites excluding steroid dienone is 1. The Balaban J connectivity index is 2.32. The fourth-order valence-electron chi connectivity index (χ4n) is 2.14. The first-order valence-corrected chi connectivity index (χ1v) is 5.48. The Hall–Kier alpha value is -1.26. The molecule has 0 bridgehead atoms. The summed E-state index contributed by atoms with van der Waals surface area (Å²) in [5, 5.41) is 3.02. The van der Waals surface area contributed by atoms with Crippen molar-refractivity contribution < 1.29 is 13.2 Å². The normalized spacial score (nSPS) is 28.4. The van der Waals surface area contributed by atoms with Crippen molar-refractivity contribution in [1.82, 2.24) is 5.32 Å². The van der Waals surface area contributed by atoms with E-state index in [0.717, 1.165) is 11.8 Å². The summed E-state index contributed by atoms with van der Waals surface area (Å²) in [5.41, 5.74) is 0.144. The van der Waals surface area contributed by atoms with Crippen LogP contribution in [0.1, 0.15) is 20.8 Å². The summed E-state index contributed by atoms with van der Waals surface area (Å²) in [5.74, 6) is -0.295. The van der Waals surface area contributed by atoms with Gasteiger partial charge in [0, 0.05) is 12.1 Å². The zero-order valence-electron chi connectivity index (χ0n) is 9.97. The molecule has 1 N–H and O–H groups in total. The Labute approximate surface area is 98.3 Å². The molecular weight excluding hydrogens is 229 g/mol. The summed E-state index contributed by atoms with van der Waals surface area (Å²) in [7, 11) is 0. The summed E-state index contributed by atoms with van der Waals surface area (Å²) in [6.45, 7) is 5.97. The lowest BCUT2D eigenvalue weighted by Gasteiger charge is -2.28. The quantitative estimate of drug-likeness (QED) is 0.696.